The summed E-state index contributed by atoms with van der Waals surface area (Å²) >= 11 is 0. The largest absolute Gasteiger partial charge is 0.366 e. The van der Waals surface area contributed by atoms with E-state index in [2.05, 4.69) is 10.6 Å². The standard InChI is InChI=1S/C16H19FN4O3/c17-11-3-1-2-4-13(11)20-7-9-21(10-8-20)14(22)6-5-12-15(23)19-16(24)18-12/h1-4,12H,5-10H2,(H2,18,19,23,24)/t12-/m1/s1. The molecule has 3 rings (SSSR count). The number of piperazine rings is 1. The molecule has 1 aromatic rings. The third-order valence-electron chi connectivity index (χ3n) is 4.33. The zero-order valence-corrected chi connectivity index (χ0v) is 13.1. The summed E-state index contributed by atoms with van der Waals surface area (Å²) in [6.07, 6.45) is 0.474. The molecule has 2 N–H and O–H groups in total. The lowest BCUT2D eigenvalue weighted by atomic mass is 10.1. The fourth-order valence-corrected chi connectivity index (χ4v) is 2.99. The van der Waals surface area contributed by atoms with Crippen molar-refractivity contribution in [1.82, 2.24) is 15.5 Å². The van der Waals surface area contributed by atoms with Gasteiger partial charge in [0.05, 0.1) is 5.69 Å². The second-order valence-corrected chi connectivity index (χ2v) is 5.87. The highest BCUT2D eigenvalue weighted by Gasteiger charge is 2.30. The molecular weight excluding hydrogens is 315 g/mol. The fourth-order valence-electron chi connectivity index (χ4n) is 2.99. The van der Waals surface area contributed by atoms with Gasteiger partial charge in [-0.1, -0.05) is 12.1 Å². The monoisotopic (exact) mass is 334 g/mol. The summed E-state index contributed by atoms with van der Waals surface area (Å²) in [7, 11) is 0. The Hall–Kier alpha value is -2.64. The van der Waals surface area contributed by atoms with Crippen molar-refractivity contribution in [2.45, 2.75) is 18.9 Å². The molecular formula is C16H19FN4O3. The summed E-state index contributed by atoms with van der Waals surface area (Å²) in [5, 5.41) is 4.62. The molecule has 2 heterocycles. The molecule has 0 unspecified atom stereocenters. The number of carbonyl (C=O) groups excluding carboxylic acids is 3. The SMILES string of the molecule is O=C1NC(=O)[C@@H](CCC(=O)N2CCN(c3ccccc3F)CC2)N1. The first-order valence-electron chi connectivity index (χ1n) is 7.93. The van der Waals surface area contributed by atoms with Crippen LogP contribution in [0.5, 0.6) is 0 Å². The van der Waals surface area contributed by atoms with Crippen LogP contribution >= 0.6 is 0 Å². The lowest BCUT2D eigenvalue weighted by Gasteiger charge is -2.36. The Morgan fingerprint density at radius 2 is 1.88 bits per heavy atom. The van der Waals surface area contributed by atoms with Gasteiger partial charge < -0.3 is 15.1 Å². The average molecular weight is 334 g/mol. The molecule has 24 heavy (non-hydrogen) atoms. The van der Waals surface area contributed by atoms with Gasteiger partial charge in [0.25, 0.3) is 5.91 Å². The van der Waals surface area contributed by atoms with E-state index in [1.807, 2.05) is 4.90 Å². The lowest BCUT2D eigenvalue weighted by Crippen LogP contribution is -2.49. The Morgan fingerprint density at radius 3 is 2.50 bits per heavy atom. The average Bonchev–Trinajstić information content (AvgIpc) is 2.91. The maximum Gasteiger partial charge on any atom is 0.322 e. The van der Waals surface area contributed by atoms with Gasteiger partial charge in [0.2, 0.25) is 5.91 Å². The number of anilines is 1. The predicted molar refractivity (Wildman–Crippen MR) is 84.9 cm³/mol. The minimum absolute atomic E-state index is 0.0582. The number of halogens is 1. The van der Waals surface area contributed by atoms with Crippen LogP contribution in [0.15, 0.2) is 24.3 Å². The molecule has 0 spiro atoms. The molecule has 0 saturated carbocycles. The zero-order chi connectivity index (χ0) is 17.1. The first-order valence-corrected chi connectivity index (χ1v) is 7.93. The van der Waals surface area contributed by atoms with E-state index >= 15 is 0 Å². The molecule has 4 amide bonds. The van der Waals surface area contributed by atoms with E-state index in [4.69, 9.17) is 0 Å². The van der Waals surface area contributed by atoms with Crippen LogP contribution in [0.25, 0.3) is 0 Å². The van der Waals surface area contributed by atoms with Crippen molar-refractivity contribution in [1.29, 1.82) is 0 Å². The van der Waals surface area contributed by atoms with E-state index in [-0.39, 0.29) is 24.6 Å². The number of hydrogen-bond donors (Lipinski definition) is 2. The molecule has 1 atom stereocenters. The number of nitrogens with one attached hydrogen (secondary N) is 2. The molecule has 0 radical (unpaired) electrons. The second-order valence-electron chi connectivity index (χ2n) is 5.87. The number of hydrogen-bond acceptors (Lipinski definition) is 4. The quantitative estimate of drug-likeness (QED) is 0.784. The highest BCUT2D eigenvalue weighted by Crippen LogP contribution is 2.20. The van der Waals surface area contributed by atoms with E-state index in [0.717, 1.165) is 0 Å². The van der Waals surface area contributed by atoms with Gasteiger partial charge in [0.1, 0.15) is 11.9 Å². The molecule has 8 heteroatoms. The zero-order valence-electron chi connectivity index (χ0n) is 13.1. The third-order valence-corrected chi connectivity index (χ3v) is 4.33. The molecule has 0 aromatic heterocycles. The van der Waals surface area contributed by atoms with E-state index in [1.54, 1.807) is 23.1 Å². The number of urea groups is 1. The smallest absolute Gasteiger partial charge is 0.322 e. The van der Waals surface area contributed by atoms with Gasteiger partial charge in [-0.2, -0.15) is 0 Å². The van der Waals surface area contributed by atoms with Crippen LogP contribution < -0.4 is 15.5 Å². The Balaban J connectivity index is 1.48. The van der Waals surface area contributed by atoms with Crippen molar-refractivity contribution in [3.63, 3.8) is 0 Å². The van der Waals surface area contributed by atoms with E-state index in [1.165, 1.54) is 6.07 Å². The first-order chi connectivity index (χ1) is 11.5. The van der Waals surface area contributed by atoms with Crippen LogP contribution in [-0.4, -0.2) is 55.0 Å². The van der Waals surface area contributed by atoms with Gasteiger partial charge in [-0.05, 0) is 18.6 Å². The molecule has 2 aliphatic rings. The van der Waals surface area contributed by atoms with Crippen LogP contribution in [-0.2, 0) is 9.59 Å². The third kappa shape index (κ3) is 3.47. The Kier molecular flexibility index (Phi) is 4.64. The van der Waals surface area contributed by atoms with Crippen LogP contribution in [0, 0.1) is 5.82 Å². The molecule has 128 valence electrons. The fraction of sp³-hybridized carbons (Fsp3) is 0.438. The minimum Gasteiger partial charge on any atom is -0.366 e. The van der Waals surface area contributed by atoms with Gasteiger partial charge in [-0.3, -0.25) is 14.9 Å². The number of imide groups is 1. The Morgan fingerprint density at radius 1 is 1.17 bits per heavy atom. The maximum atomic E-state index is 13.8. The van der Waals surface area contributed by atoms with Gasteiger partial charge in [0.15, 0.2) is 0 Å². The van der Waals surface area contributed by atoms with Gasteiger partial charge in [-0.15, -0.1) is 0 Å². The van der Waals surface area contributed by atoms with Crippen molar-refractivity contribution < 1.29 is 18.8 Å². The summed E-state index contributed by atoms with van der Waals surface area (Å²) in [4.78, 5) is 38.4. The Labute approximate surface area is 138 Å². The van der Waals surface area contributed by atoms with Gasteiger partial charge in [-0.25, -0.2) is 9.18 Å². The molecule has 1 aromatic carbocycles. The second kappa shape index (κ2) is 6.86. The van der Waals surface area contributed by atoms with Crippen LogP contribution in [0.4, 0.5) is 14.9 Å². The predicted octanol–water partition coefficient (Wildman–Crippen LogP) is 0.463. The minimum atomic E-state index is -0.638. The molecule has 2 saturated heterocycles. The van der Waals surface area contributed by atoms with Crippen LogP contribution in [0.2, 0.25) is 0 Å². The van der Waals surface area contributed by atoms with Crippen molar-refractivity contribution >= 4 is 23.5 Å². The number of nitrogens with zero attached hydrogens (tertiary/aromatic N) is 2. The topological polar surface area (TPSA) is 81.8 Å². The van der Waals surface area contributed by atoms with Crippen molar-refractivity contribution in [3.8, 4) is 0 Å². The lowest BCUT2D eigenvalue weighted by molar-refractivity contribution is -0.131. The maximum absolute atomic E-state index is 13.8. The summed E-state index contributed by atoms with van der Waals surface area (Å²) in [6, 6.07) is 5.44. The highest BCUT2D eigenvalue weighted by atomic mass is 19.1. The van der Waals surface area contributed by atoms with E-state index < -0.39 is 18.0 Å². The normalized spacial score (nSPS) is 20.8. The number of para-hydroxylation sites is 1. The number of rotatable bonds is 4. The molecule has 7 nitrogen and oxygen atoms in total. The summed E-state index contributed by atoms with van der Waals surface area (Å²) < 4.78 is 13.8. The molecule has 2 fully saturated rings. The van der Waals surface area contributed by atoms with Crippen molar-refractivity contribution in [3.05, 3.63) is 30.1 Å². The van der Waals surface area contributed by atoms with Crippen LogP contribution in [0.3, 0.4) is 0 Å². The van der Waals surface area contributed by atoms with E-state index in [0.29, 0.717) is 31.9 Å². The van der Waals surface area contributed by atoms with Crippen molar-refractivity contribution in [2.75, 3.05) is 31.1 Å². The molecule has 2 aliphatic heterocycles. The highest BCUT2D eigenvalue weighted by molar-refractivity contribution is 6.04. The summed E-state index contributed by atoms with van der Waals surface area (Å²) in [5.74, 6) is -0.713. The van der Waals surface area contributed by atoms with Crippen molar-refractivity contribution in [2.24, 2.45) is 0 Å². The number of carbonyl (C=O) groups is 3. The number of amides is 4. The number of benzene rings is 1. The van der Waals surface area contributed by atoms with Crippen LogP contribution in [0.1, 0.15) is 12.8 Å². The van der Waals surface area contributed by atoms with Gasteiger partial charge >= 0.3 is 6.03 Å². The summed E-state index contributed by atoms with van der Waals surface area (Å²) in [6.45, 7) is 2.15. The molecule has 0 aliphatic carbocycles. The summed E-state index contributed by atoms with van der Waals surface area (Å²) in [5.41, 5.74) is 0.551. The van der Waals surface area contributed by atoms with E-state index in [9.17, 15) is 18.8 Å². The molecule has 0 bridgehead atoms. The Bertz CT molecular complexity index is 658. The first kappa shape index (κ1) is 16.2. The van der Waals surface area contributed by atoms with Gasteiger partial charge in [0, 0.05) is 32.6 Å².